The summed E-state index contributed by atoms with van der Waals surface area (Å²) in [6.07, 6.45) is 1.59. The summed E-state index contributed by atoms with van der Waals surface area (Å²) < 4.78 is 5.50. The van der Waals surface area contributed by atoms with Crippen LogP contribution in [-0.2, 0) is 6.54 Å². The molecule has 0 aliphatic heterocycles. The summed E-state index contributed by atoms with van der Waals surface area (Å²) in [5.41, 5.74) is 13.0. The average Bonchev–Trinajstić information content (AvgIpc) is 2.49. The number of aromatic nitrogens is 1. The van der Waals surface area contributed by atoms with Crippen molar-refractivity contribution in [2.24, 2.45) is 11.5 Å². The number of carbonyl (C=O) groups is 1. The molecule has 2 rings (SSSR count). The molecule has 0 atom stereocenters. The molecule has 1 aromatic carbocycles. The molecular weight excluding hydrogens is 268 g/mol. The zero-order valence-corrected chi connectivity index (χ0v) is 11.8. The Kier molecular flexibility index (Phi) is 4.73. The molecule has 0 saturated carbocycles. The molecule has 2 aromatic rings. The zero-order valence-electron chi connectivity index (χ0n) is 11.8. The lowest BCUT2D eigenvalue weighted by Gasteiger charge is -2.13. The molecule has 0 spiro atoms. The third-order valence-corrected chi connectivity index (χ3v) is 2.92. The van der Waals surface area contributed by atoms with Crippen LogP contribution in [-0.4, -0.2) is 17.5 Å². The van der Waals surface area contributed by atoms with Crippen LogP contribution in [0.15, 0.2) is 36.5 Å². The second-order valence-electron chi connectivity index (χ2n) is 4.35. The van der Waals surface area contributed by atoms with Crippen LogP contribution >= 0.6 is 0 Å². The van der Waals surface area contributed by atoms with Gasteiger partial charge in [0.05, 0.1) is 12.2 Å². The second-order valence-corrected chi connectivity index (χ2v) is 4.35. The third-order valence-electron chi connectivity index (χ3n) is 2.92. The van der Waals surface area contributed by atoms with Crippen LogP contribution in [0.1, 0.15) is 22.8 Å². The van der Waals surface area contributed by atoms with Crippen LogP contribution in [0.2, 0.25) is 0 Å². The van der Waals surface area contributed by atoms with E-state index in [-0.39, 0.29) is 0 Å². The standard InChI is InChI=1S/C15H18N4O2/c1-2-21-13-6-5-11(8-10(13)9-16)19-15-12(14(17)20)4-3-7-18-15/h3-8H,2,9,16H2,1H3,(H2,17,20)(H,18,19). The molecule has 5 N–H and O–H groups in total. The monoisotopic (exact) mass is 286 g/mol. The molecule has 1 aromatic heterocycles. The number of hydrogen-bond donors (Lipinski definition) is 3. The highest BCUT2D eigenvalue weighted by Crippen LogP contribution is 2.25. The summed E-state index contributed by atoms with van der Waals surface area (Å²) in [4.78, 5) is 15.5. The lowest BCUT2D eigenvalue weighted by Crippen LogP contribution is -2.14. The minimum atomic E-state index is -0.532. The largest absolute Gasteiger partial charge is 0.494 e. The van der Waals surface area contributed by atoms with E-state index in [0.29, 0.717) is 24.5 Å². The Hall–Kier alpha value is -2.60. The Morgan fingerprint density at radius 1 is 1.38 bits per heavy atom. The van der Waals surface area contributed by atoms with Gasteiger partial charge in [-0.3, -0.25) is 4.79 Å². The number of anilines is 2. The number of rotatable bonds is 6. The topological polar surface area (TPSA) is 103 Å². The average molecular weight is 286 g/mol. The van der Waals surface area contributed by atoms with Crippen LogP contribution in [0.3, 0.4) is 0 Å². The van der Waals surface area contributed by atoms with Crippen LogP contribution in [0.5, 0.6) is 5.75 Å². The van der Waals surface area contributed by atoms with Gasteiger partial charge in [-0.25, -0.2) is 4.98 Å². The number of nitrogens with one attached hydrogen (secondary N) is 1. The van der Waals surface area contributed by atoms with Crippen LogP contribution < -0.4 is 21.5 Å². The minimum absolute atomic E-state index is 0.334. The first-order valence-corrected chi connectivity index (χ1v) is 6.63. The molecular formula is C15H18N4O2. The van der Waals surface area contributed by atoms with Crippen LogP contribution in [0, 0.1) is 0 Å². The second kappa shape index (κ2) is 6.71. The number of primary amides is 1. The van der Waals surface area contributed by atoms with Gasteiger partial charge in [-0.1, -0.05) is 0 Å². The highest BCUT2D eigenvalue weighted by Gasteiger charge is 2.10. The lowest BCUT2D eigenvalue weighted by atomic mass is 10.1. The zero-order chi connectivity index (χ0) is 15.2. The molecule has 0 radical (unpaired) electrons. The Bertz CT molecular complexity index is 643. The van der Waals surface area contributed by atoms with E-state index in [1.807, 2.05) is 25.1 Å². The van der Waals surface area contributed by atoms with Crippen molar-refractivity contribution in [3.05, 3.63) is 47.7 Å². The van der Waals surface area contributed by atoms with Crippen molar-refractivity contribution < 1.29 is 9.53 Å². The number of nitrogens with two attached hydrogens (primary N) is 2. The van der Waals surface area contributed by atoms with Gasteiger partial charge in [-0.05, 0) is 37.3 Å². The van der Waals surface area contributed by atoms with E-state index in [1.165, 1.54) is 0 Å². The van der Waals surface area contributed by atoms with Gasteiger partial charge in [0.25, 0.3) is 5.91 Å². The van der Waals surface area contributed by atoms with Gasteiger partial charge in [-0.2, -0.15) is 0 Å². The van der Waals surface area contributed by atoms with Gasteiger partial charge in [0.15, 0.2) is 0 Å². The van der Waals surface area contributed by atoms with Gasteiger partial charge in [0, 0.05) is 24.0 Å². The molecule has 21 heavy (non-hydrogen) atoms. The predicted octanol–water partition coefficient (Wildman–Crippen LogP) is 1.78. The summed E-state index contributed by atoms with van der Waals surface area (Å²) in [6, 6.07) is 8.82. The van der Waals surface area contributed by atoms with Gasteiger partial charge in [0.2, 0.25) is 0 Å². The van der Waals surface area contributed by atoms with Crippen molar-refractivity contribution in [3.63, 3.8) is 0 Å². The van der Waals surface area contributed by atoms with Crippen molar-refractivity contribution >= 4 is 17.4 Å². The maximum atomic E-state index is 11.4. The molecule has 0 aliphatic carbocycles. The van der Waals surface area contributed by atoms with E-state index in [9.17, 15) is 4.79 Å². The van der Waals surface area contributed by atoms with Gasteiger partial charge in [0.1, 0.15) is 11.6 Å². The summed E-state index contributed by atoms with van der Waals surface area (Å²) in [5, 5.41) is 3.07. The number of amides is 1. The lowest BCUT2D eigenvalue weighted by molar-refractivity contribution is 0.100. The molecule has 0 unspecified atom stereocenters. The highest BCUT2D eigenvalue weighted by molar-refractivity contribution is 5.98. The van der Waals surface area contributed by atoms with E-state index >= 15 is 0 Å². The molecule has 0 bridgehead atoms. The summed E-state index contributed by atoms with van der Waals surface area (Å²) in [6.45, 7) is 2.85. The van der Waals surface area contributed by atoms with Crippen molar-refractivity contribution in [3.8, 4) is 5.75 Å². The molecule has 0 aliphatic rings. The van der Waals surface area contributed by atoms with Crippen molar-refractivity contribution in [2.45, 2.75) is 13.5 Å². The highest BCUT2D eigenvalue weighted by atomic mass is 16.5. The Morgan fingerprint density at radius 2 is 2.19 bits per heavy atom. The number of benzene rings is 1. The quantitative estimate of drug-likeness (QED) is 0.751. The number of nitrogens with zero attached hydrogens (tertiary/aromatic N) is 1. The van der Waals surface area contributed by atoms with Gasteiger partial charge < -0.3 is 21.5 Å². The fourth-order valence-electron chi connectivity index (χ4n) is 1.95. The molecule has 110 valence electrons. The maximum Gasteiger partial charge on any atom is 0.252 e. The first-order valence-electron chi connectivity index (χ1n) is 6.63. The first-order chi connectivity index (χ1) is 10.2. The van der Waals surface area contributed by atoms with E-state index < -0.39 is 5.91 Å². The molecule has 1 amide bonds. The number of ether oxygens (including phenoxy) is 1. The number of pyridine rings is 1. The smallest absolute Gasteiger partial charge is 0.252 e. The fraction of sp³-hybridized carbons (Fsp3) is 0.200. The molecule has 0 saturated heterocycles. The van der Waals surface area contributed by atoms with Crippen molar-refractivity contribution in [2.75, 3.05) is 11.9 Å². The van der Waals surface area contributed by atoms with Crippen molar-refractivity contribution in [1.82, 2.24) is 4.98 Å². The van der Waals surface area contributed by atoms with E-state index in [4.69, 9.17) is 16.2 Å². The van der Waals surface area contributed by atoms with Gasteiger partial charge in [-0.15, -0.1) is 0 Å². The predicted molar refractivity (Wildman–Crippen MR) is 81.5 cm³/mol. The molecule has 6 nitrogen and oxygen atoms in total. The Labute approximate surface area is 123 Å². The summed E-state index contributed by atoms with van der Waals surface area (Å²) >= 11 is 0. The first kappa shape index (κ1) is 14.8. The Balaban J connectivity index is 2.30. The third kappa shape index (κ3) is 3.49. The Morgan fingerprint density at radius 3 is 2.86 bits per heavy atom. The van der Waals surface area contributed by atoms with Crippen LogP contribution in [0.25, 0.3) is 0 Å². The molecule has 0 fully saturated rings. The normalized spacial score (nSPS) is 10.2. The molecule has 6 heteroatoms. The van der Waals surface area contributed by atoms with Crippen molar-refractivity contribution in [1.29, 1.82) is 0 Å². The maximum absolute atomic E-state index is 11.4. The number of carbonyl (C=O) groups excluding carboxylic acids is 1. The minimum Gasteiger partial charge on any atom is -0.494 e. The van der Waals surface area contributed by atoms with E-state index in [2.05, 4.69) is 10.3 Å². The van der Waals surface area contributed by atoms with Crippen LogP contribution in [0.4, 0.5) is 11.5 Å². The fourth-order valence-corrected chi connectivity index (χ4v) is 1.95. The SMILES string of the molecule is CCOc1ccc(Nc2ncccc2C(N)=O)cc1CN. The summed E-state index contributed by atoms with van der Waals surface area (Å²) in [7, 11) is 0. The molecule has 1 heterocycles. The van der Waals surface area contributed by atoms with E-state index in [1.54, 1.807) is 18.3 Å². The van der Waals surface area contributed by atoms with Gasteiger partial charge >= 0.3 is 0 Å². The van der Waals surface area contributed by atoms with E-state index in [0.717, 1.165) is 17.0 Å². The summed E-state index contributed by atoms with van der Waals surface area (Å²) in [5.74, 6) is 0.634. The number of hydrogen-bond acceptors (Lipinski definition) is 5.